The maximum Gasteiger partial charge on any atom is 0.224 e. The van der Waals surface area contributed by atoms with Crippen LogP contribution in [-0.4, -0.2) is 41.9 Å². The van der Waals surface area contributed by atoms with E-state index in [0.29, 0.717) is 17.5 Å². The number of benzene rings is 1. The Morgan fingerprint density at radius 1 is 1.60 bits per heavy atom. The number of hydrogen-bond acceptors (Lipinski definition) is 3. The number of thioether (sulfide) groups is 1. The number of carbonyl (C=O) groups is 1. The predicted molar refractivity (Wildman–Crippen MR) is 86.4 cm³/mol. The van der Waals surface area contributed by atoms with Gasteiger partial charge in [0.2, 0.25) is 5.91 Å². The van der Waals surface area contributed by atoms with Gasteiger partial charge in [0.1, 0.15) is 0 Å². The van der Waals surface area contributed by atoms with Gasteiger partial charge in [-0.3, -0.25) is 4.79 Å². The molecule has 2 atom stereocenters. The van der Waals surface area contributed by atoms with Crippen LogP contribution in [0.5, 0.6) is 0 Å². The fraction of sp³-hybridized carbons (Fsp3) is 0.533. The molecule has 1 aliphatic heterocycles. The minimum atomic E-state index is 0.0393. The number of carbonyl (C=O) groups excluding carboxylic acids is 1. The van der Waals surface area contributed by atoms with Crippen molar-refractivity contribution in [1.82, 2.24) is 10.2 Å². The van der Waals surface area contributed by atoms with Crippen molar-refractivity contribution in [2.24, 2.45) is 0 Å². The Morgan fingerprint density at radius 2 is 2.40 bits per heavy atom. The normalized spacial score (nSPS) is 20.4. The van der Waals surface area contributed by atoms with Gasteiger partial charge in [-0.05, 0) is 24.6 Å². The first-order valence-electron chi connectivity index (χ1n) is 6.90. The minimum absolute atomic E-state index is 0.0393. The number of rotatable bonds is 4. The van der Waals surface area contributed by atoms with Crippen LogP contribution in [0.3, 0.4) is 0 Å². The van der Waals surface area contributed by atoms with Crippen LogP contribution in [0.15, 0.2) is 24.3 Å². The van der Waals surface area contributed by atoms with Crippen LogP contribution in [-0.2, 0) is 4.79 Å². The standard InChI is InChI=1S/C15H21ClN2OS/c1-11(12-4-3-5-13(16)8-12)18(2)15(19)9-14-10-20-7-6-17-14/h3-5,8,11,14,17H,6-7,9-10H2,1-2H3. The van der Waals surface area contributed by atoms with Crippen molar-refractivity contribution in [1.29, 1.82) is 0 Å². The molecule has 110 valence electrons. The third-order valence-corrected chi connectivity index (χ3v) is 5.09. The molecule has 0 radical (unpaired) electrons. The molecule has 1 saturated heterocycles. The molecule has 1 N–H and O–H groups in total. The van der Waals surface area contributed by atoms with E-state index < -0.39 is 0 Å². The molecule has 0 aromatic heterocycles. The summed E-state index contributed by atoms with van der Waals surface area (Å²) in [5.74, 6) is 2.34. The fourth-order valence-corrected chi connectivity index (χ4v) is 3.46. The van der Waals surface area contributed by atoms with E-state index in [1.807, 2.05) is 54.9 Å². The Bertz CT molecular complexity index is 463. The van der Waals surface area contributed by atoms with Gasteiger partial charge in [0.15, 0.2) is 0 Å². The van der Waals surface area contributed by atoms with Crippen LogP contribution < -0.4 is 5.32 Å². The number of halogens is 1. The second-order valence-electron chi connectivity index (χ2n) is 5.17. The van der Waals surface area contributed by atoms with Gasteiger partial charge in [0.05, 0.1) is 6.04 Å². The molecule has 3 nitrogen and oxygen atoms in total. The Morgan fingerprint density at radius 3 is 3.05 bits per heavy atom. The highest BCUT2D eigenvalue weighted by Gasteiger charge is 2.22. The monoisotopic (exact) mass is 312 g/mol. The number of amides is 1. The summed E-state index contributed by atoms with van der Waals surface area (Å²) in [7, 11) is 1.86. The summed E-state index contributed by atoms with van der Waals surface area (Å²) in [6.45, 7) is 3.03. The number of nitrogens with one attached hydrogen (secondary N) is 1. The lowest BCUT2D eigenvalue weighted by molar-refractivity contribution is -0.132. The van der Waals surface area contributed by atoms with Crippen LogP contribution in [0.1, 0.15) is 24.9 Å². The van der Waals surface area contributed by atoms with Crippen molar-refractivity contribution < 1.29 is 4.79 Å². The van der Waals surface area contributed by atoms with E-state index in [1.165, 1.54) is 0 Å². The van der Waals surface area contributed by atoms with Gasteiger partial charge in [-0.15, -0.1) is 0 Å². The summed E-state index contributed by atoms with van der Waals surface area (Å²) in [5, 5.41) is 4.11. The van der Waals surface area contributed by atoms with E-state index >= 15 is 0 Å². The molecule has 0 saturated carbocycles. The summed E-state index contributed by atoms with van der Waals surface area (Å²) in [5.41, 5.74) is 1.07. The number of nitrogens with zero attached hydrogens (tertiary/aromatic N) is 1. The first kappa shape index (κ1) is 15.7. The van der Waals surface area contributed by atoms with Crippen LogP contribution in [0.2, 0.25) is 5.02 Å². The molecular weight excluding hydrogens is 292 g/mol. The number of hydrogen-bond donors (Lipinski definition) is 1. The fourth-order valence-electron chi connectivity index (χ4n) is 2.31. The molecule has 1 fully saturated rings. The summed E-state index contributed by atoms with van der Waals surface area (Å²) >= 11 is 7.93. The highest BCUT2D eigenvalue weighted by Crippen LogP contribution is 2.23. The van der Waals surface area contributed by atoms with Crippen molar-refractivity contribution in [2.45, 2.75) is 25.4 Å². The first-order valence-corrected chi connectivity index (χ1v) is 8.43. The van der Waals surface area contributed by atoms with Crippen molar-refractivity contribution in [3.8, 4) is 0 Å². The molecule has 1 aliphatic rings. The molecule has 2 unspecified atom stereocenters. The summed E-state index contributed by atoms with van der Waals surface area (Å²) < 4.78 is 0. The van der Waals surface area contributed by atoms with Crippen molar-refractivity contribution in [2.75, 3.05) is 25.1 Å². The molecule has 1 aromatic carbocycles. The van der Waals surface area contributed by atoms with Crippen molar-refractivity contribution in [3.05, 3.63) is 34.9 Å². The molecule has 5 heteroatoms. The van der Waals surface area contributed by atoms with Crippen molar-refractivity contribution in [3.63, 3.8) is 0 Å². The second-order valence-corrected chi connectivity index (χ2v) is 6.75. The van der Waals surface area contributed by atoms with Crippen LogP contribution >= 0.6 is 23.4 Å². The van der Waals surface area contributed by atoms with E-state index in [-0.39, 0.29) is 11.9 Å². The zero-order valence-electron chi connectivity index (χ0n) is 11.9. The Balaban J connectivity index is 1.95. The largest absolute Gasteiger partial charge is 0.339 e. The SMILES string of the molecule is CC(c1cccc(Cl)c1)N(C)C(=O)CC1CSCCN1. The van der Waals surface area contributed by atoms with E-state index in [0.717, 1.165) is 23.6 Å². The molecule has 2 rings (SSSR count). The third-order valence-electron chi connectivity index (χ3n) is 3.72. The molecule has 1 heterocycles. The molecule has 0 bridgehead atoms. The summed E-state index contributed by atoms with van der Waals surface area (Å²) in [6, 6.07) is 8.04. The lowest BCUT2D eigenvalue weighted by atomic mass is 10.1. The van der Waals surface area contributed by atoms with Gasteiger partial charge >= 0.3 is 0 Å². The van der Waals surface area contributed by atoms with Crippen LogP contribution in [0, 0.1) is 0 Å². The maximum absolute atomic E-state index is 12.4. The van der Waals surface area contributed by atoms with Gasteiger partial charge in [-0.1, -0.05) is 23.7 Å². The maximum atomic E-state index is 12.4. The Kier molecular flexibility index (Phi) is 5.75. The smallest absolute Gasteiger partial charge is 0.224 e. The minimum Gasteiger partial charge on any atom is -0.339 e. The Hall–Kier alpha value is -0.710. The van der Waals surface area contributed by atoms with E-state index in [9.17, 15) is 4.79 Å². The van der Waals surface area contributed by atoms with Gasteiger partial charge in [0, 0.05) is 42.6 Å². The van der Waals surface area contributed by atoms with Gasteiger partial charge in [0.25, 0.3) is 0 Å². The highest BCUT2D eigenvalue weighted by atomic mass is 35.5. The highest BCUT2D eigenvalue weighted by molar-refractivity contribution is 7.99. The van der Waals surface area contributed by atoms with E-state index in [2.05, 4.69) is 5.32 Å². The van der Waals surface area contributed by atoms with Gasteiger partial charge in [-0.25, -0.2) is 0 Å². The van der Waals surface area contributed by atoms with E-state index in [1.54, 1.807) is 0 Å². The van der Waals surface area contributed by atoms with E-state index in [4.69, 9.17) is 11.6 Å². The Labute approximate surface area is 130 Å². The quantitative estimate of drug-likeness (QED) is 0.927. The average Bonchev–Trinajstić information content (AvgIpc) is 2.46. The summed E-state index contributed by atoms with van der Waals surface area (Å²) in [4.78, 5) is 14.2. The van der Waals surface area contributed by atoms with Gasteiger partial charge < -0.3 is 10.2 Å². The molecule has 1 aromatic rings. The molecule has 0 spiro atoms. The zero-order valence-corrected chi connectivity index (χ0v) is 13.5. The zero-order chi connectivity index (χ0) is 14.5. The van der Waals surface area contributed by atoms with Crippen LogP contribution in [0.4, 0.5) is 0 Å². The molecule has 20 heavy (non-hydrogen) atoms. The third kappa shape index (κ3) is 4.14. The predicted octanol–water partition coefficient (Wildman–Crippen LogP) is 2.95. The lowest BCUT2D eigenvalue weighted by Gasteiger charge is -2.29. The molecular formula is C15H21ClN2OS. The van der Waals surface area contributed by atoms with Gasteiger partial charge in [-0.2, -0.15) is 11.8 Å². The van der Waals surface area contributed by atoms with Crippen molar-refractivity contribution >= 4 is 29.3 Å². The summed E-state index contributed by atoms with van der Waals surface area (Å²) in [6.07, 6.45) is 0.564. The average molecular weight is 313 g/mol. The molecule has 1 amide bonds. The van der Waals surface area contributed by atoms with Crippen LogP contribution in [0.25, 0.3) is 0 Å². The molecule has 0 aliphatic carbocycles. The topological polar surface area (TPSA) is 32.3 Å². The lowest BCUT2D eigenvalue weighted by Crippen LogP contribution is -2.42. The first-order chi connectivity index (χ1) is 9.58. The second kappa shape index (κ2) is 7.34.